The smallest absolute Gasteiger partial charge is 0.122 e. The van der Waals surface area contributed by atoms with Crippen molar-refractivity contribution in [3.63, 3.8) is 0 Å². The van der Waals surface area contributed by atoms with Gasteiger partial charge in [-0.15, -0.1) is 0 Å². The van der Waals surface area contributed by atoms with Gasteiger partial charge in [0.05, 0.1) is 12.8 Å². The molecule has 3 heteroatoms. The van der Waals surface area contributed by atoms with Crippen LogP contribution in [0.4, 0.5) is 0 Å². The number of rotatable bonds is 5. The summed E-state index contributed by atoms with van der Waals surface area (Å²) in [6.07, 6.45) is 4.41. The maximum absolute atomic E-state index is 5.61. The van der Waals surface area contributed by atoms with Crippen LogP contribution in [0, 0.1) is 5.41 Å². The Morgan fingerprint density at radius 1 is 1.32 bits per heavy atom. The van der Waals surface area contributed by atoms with Crippen molar-refractivity contribution in [3.05, 3.63) is 23.7 Å². The lowest BCUT2D eigenvalue weighted by Gasteiger charge is -2.36. The molecule has 1 N–H and O–H groups in total. The first kappa shape index (κ1) is 14.6. The molecule has 3 nitrogen and oxygen atoms in total. The first-order chi connectivity index (χ1) is 8.96. The lowest BCUT2D eigenvalue weighted by Crippen LogP contribution is -2.37. The van der Waals surface area contributed by atoms with Crippen molar-refractivity contribution in [2.75, 3.05) is 13.1 Å². The van der Waals surface area contributed by atoms with Gasteiger partial charge >= 0.3 is 0 Å². The van der Waals surface area contributed by atoms with Crippen molar-refractivity contribution >= 4 is 0 Å². The SMILES string of the molecule is CC(C)NCc1occc1CN1CCC(C)(C)CC1. The third-order valence-electron chi connectivity index (χ3n) is 4.11. The van der Waals surface area contributed by atoms with Gasteiger partial charge in [-0.05, 0) is 37.4 Å². The summed E-state index contributed by atoms with van der Waals surface area (Å²) in [4.78, 5) is 2.55. The highest BCUT2D eigenvalue weighted by Crippen LogP contribution is 2.30. The number of piperidine rings is 1. The van der Waals surface area contributed by atoms with Gasteiger partial charge < -0.3 is 9.73 Å². The van der Waals surface area contributed by atoms with E-state index in [2.05, 4.69) is 44.0 Å². The Hall–Kier alpha value is -0.800. The molecule has 19 heavy (non-hydrogen) atoms. The minimum atomic E-state index is 0.494. The molecular formula is C16H28N2O. The largest absolute Gasteiger partial charge is 0.468 e. The lowest BCUT2D eigenvalue weighted by molar-refractivity contribution is 0.126. The van der Waals surface area contributed by atoms with E-state index in [1.807, 2.05) is 6.26 Å². The minimum absolute atomic E-state index is 0.494. The summed E-state index contributed by atoms with van der Waals surface area (Å²) in [6, 6.07) is 2.62. The van der Waals surface area contributed by atoms with Gasteiger partial charge in [0.1, 0.15) is 5.76 Å². The average molecular weight is 264 g/mol. The highest BCUT2D eigenvalue weighted by Gasteiger charge is 2.25. The Kier molecular flexibility index (Phi) is 4.69. The number of hydrogen-bond acceptors (Lipinski definition) is 3. The fourth-order valence-electron chi connectivity index (χ4n) is 2.52. The van der Waals surface area contributed by atoms with Gasteiger partial charge in [0.25, 0.3) is 0 Å². The van der Waals surface area contributed by atoms with E-state index in [9.17, 15) is 0 Å². The molecule has 108 valence electrons. The maximum Gasteiger partial charge on any atom is 0.122 e. The molecule has 0 aliphatic carbocycles. The Labute approximate surface area is 117 Å². The Morgan fingerprint density at radius 2 is 2.00 bits per heavy atom. The Bertz CT molecular complexity index is 385. The fraction of sp³-hybridized carbons (Fsp3) is 0.750. The summed E-state index contributed by atoms with van der Waals surface area (Å²) >= 11 is 0. The van der Waals surface area contributed by atoms with Crippen LogP contribution in [0.25, 0.3) is 0 Å². The zero-order chi connectivity index (χ0) is 13.9. The molecule has 0 aromatic carbocycles. The van der Waals surface area contributed by atoms with Crippen LogP contribution in [0.2, 0.25) is 0 Å². The van der Waals surface area contributed by atoms with E-state index in [-0.39, 0.29) is 0 Å². The van der Waals surface area contributed by atoms with Gasteiger partial charge in [0.2, 0.25) is 0 Å². The predicted octanol–water partition coefficient (Wildman–Crippen LogP) is 3.40. The molecular weight excluding hydrogens is 236 g/mol. The second kappa shape index (κ2) is 6.10. The molecule has 0 atom stereocenters. The van der Waals surface area contributed by atoms with E-state index in [0.717, 1.165) is 18.8 Å². The minimum Gasteiger partial charge on any atom is -0.468 e. The van der Waals surface area contributed by atoms with E-state index >= 15 is 0 Å². The number of nitrogens with zero attached hydrogens (tertiary/aromatic N) is 1. The van der Waals surface area contributed by atoms with Crippen LogP contribution >= 0.6 is 0 Å². The molecule has 1 fully saturated rings. The quantitative estimate of drug-likeness (QED) is 0.883. The molecule has 2 heterocycles. The lowest BCUT2D eigenvalue weighted by atomic mass is 9.82. The van der Waals surface area contributed by atoms with Crippen molar-refractivity contribution in [2.24, 2.45) is 5.41 Å². The van der Waals surface area contributed by atoms with Gasteiger partial charge in [0.15, 0.2) is 0 Å². The maximum atomic E-state index is 5.61. The summed E-state index contributed by atoms with van der Waals surface area (Å²) in [5.74, 6) is 1.10. The predicted molar refractivity (Wildman–Crippen MR) is 79.0 cm³/mol. The Morgan fingerprint density at radius 3 is 2.63 bits per heavy atom. The third kappa shape index (κ3) is 4.36. The van der Waals surface area contributed by atoms with Crippen LogP contribution in [0.15, 0.2) is 16.7 Å². The van der Waals surface area contributed by atoms with Crippen LogP contribution < -0.4 is 5.32 Å². The zero-order valence-corrected chi connectivity index (χ0v) is 12.8. The third-order valence-corrected chi connectivity index (χ3v) is 4.11. The average Bonchev–Trinajstić information content (AvgIpc) is 2.77. The van der Waals surface area contributed by atoms with Crippen molar-refractivity contribution in [3.8, 4) is 0 Å². The topological polar surface area (TPSA) is 28.4 Å². The summed E-state index contributed by atoms with van der Waals surface area (Å²) in [7, 11) is 0. The van der Waals surface area contributed by atoms with E-state index in [1.165, 1.54) is 31.5 Å². The van der Waals surface area contributed by atoms with Crippen molar-refractivity contribution in [2.45, 2.75) is 59.7 Å². The summed E-state index contributed by atoms with van der Waals surface area (Å²) in [5.41, 5.74) is 1.86. The zero-order valence-electron chi connectivity index (χ0n) is 12.8. The molecule has 1 aromatic rings. The van der Waals surface area contributed by atoms with Crippen LogP contribution in [-0.4, -0.2) is 24.0 Å². The van der Waals surface area contributed by atoms with Crippen molar-refractivity contribution in [1.82, 2.24) is 10.2 Å². The summed E-state index contributed by atoms with van der Waals surface area (Å²) in [6.45, 7) is 13.3. The first-order valence-electron chi connectivity index (χ1n) is 7.47. The second-order valence-electron chi connectivity index (χ2n) is 6.84. The monoisotopic (exact) mass is 264 g/mol. The van der Waals surface area contributed by atoms with Crippen LogP contribution in [0.3, 0.4) is 0 Å². The molecule has 0 unspecified atom stereocenters. The van der Waals surface area contributed by atoms with Gasteiger partial charge in [-0.3, -0.25) is 4.90 Å². The number of likely N-dealkylation sites (tertiary alicyclic amines) is 1. The first-order valence-corrected chi connectivity index (χ1v) is 7.47. The van der Waals surface area contributed by atoms with Crippen molar-refractivity contribution in [1.29, 1.82) is 0 Å². The van der Waals surface area contributed by atoms with Gasteiger partial charge in [0, 0.05) is 18.2 Å². The standard InChI is InChI=1S/C16H28N2O/c1-13(2)17-11-15-14(5-10-19-15)12-18-8-6-16(3,4)7-9-18/h5,10,13,17H,6-9,11-12H2,1-4H3. The molecule has 2 rings (SSSR count). The molecule has 0 amide bonds. The molecule has 1 aliphatic rings. The molecule has 1 saturated heterocycles. The van der Waals surface area contributed by atoms with E-state index in [0.29, 0.717) is 11.5 Å². The van der Waals surface area contributed by atoms with Crippen LogP contribution in [-0.2, 0) is 13.1 Å². The molecule has 0 spiro atoms. The number of furan rings is 1. The molecule has 0 radical (unpaired) electrons. The fourth-order valence-corrected chi connectivity index (χ4v) is 2.52. The van der Waals surface area contributed by atoms with Gasteiger partial charge in [-0.1, -0.05) is 27.7 Å². The summed E-state index contributed by atoms with van der Waals surface area (Å²) in [5, 5.41) is 3.43. The summed E-state index contributed by atoms with van der Waals surface area (Å²) < 4.78 is 5.61. The highest BCUT2D eigenvalue weighted by atomic mass is 16.3. The van der Waals surface area contributed by atoms with E-state index in [4.69, 9.17) is 4.42 Å². The highest BCUT2D eigenvalue weighted by molar-refractivity contribution is 5.17. The van der Waals surface area contributed by atoms with Crippen LogP contribution in [0.5, 0.6) is 0 Å². The Balaban J connectivity index is 1.88. The van der Waals surface area contributed by atoms with Crippen LogP contribution in [0.1, 0.15) is 51.9 Å². The van der Waals surface area contributed by atoms with Crippen molar-refractivity contribution < 1.29 is 4.42 Å². The molecule has 0 bridgehead atoms. The normalized spacial score (nSPS) is 20.1. The number of hydrogen-bond donors (Lipinski definition) is 1. The molecule has 1 aliphatic heterocycles. The second-order valence-corrected chi connectivity index (χ2v) is 6.84. The van der Waals surface area contributed by atoms with E-state index in [1.54, 1.807) is 0 Å². The van der Waals surface area contributed by atoms with E-state index < -0.39 is 0 Å². The molecule has 0 saturated carbocycles. The number of nitrogens with one attached hydrogen (secondary N) is 1. The van der Waals surface area contributed by atoms with Gasteiger partial charge in [-0.25, -0.2) is 0 Å². The van der Waals surface area contributed by atoms with Gasteiger partial charge in [-0.2, -0.15) is 0 Å². The molecule has 1 aromatic heterocycles.